The zero-order chi connectivity index (χ0) is 10.7. The van der Waals surface area contributed by atoms with Gasteiger partial charge >= 0.3 is 0 Å². The number of ether oxygens (including phenoxy) is 1. The van der Waals surface area contributed by atoms with Gasteiger partial charge in [0.1, 0.15) is 12.2 Å². The second-order valence-electron chi connectivity index (χ2n) is 4.38. The Labute approximate surface area is 89.8 Å². The van der Waals surface area contributed by atoms with Gasteiger partial charge in [-0.3, -0.25) is 0 Å². The van der Waals surface area contributed by atoms with Crippen molar-refractivity contribution >= 4 is 0 Å². The third-order valence-electron chi connectivity index (χ3n) is 3.07. The van der Waals surface area contributed by atoms with E-state index in [1.54, 1.807) is 6.33 Å². The molecule has 0 aliphatic carbocycles. The van der Waals surface area contributed by atoms with Crippen molar-refractivity contribution in [3.05, 3.63) is 12.2 Å². The fourth-order valence-electron chi connectivity index (χ4n) is 1.76. The van der Waals surface area contributed by atoms with E-state index in [0.29, 0.717) is 0 Å². The molecular formula is C10H18N4O. The molecule has 0 spiro atoms. The molecule has 1 aliphatic rings. The van der Waals surface area contributed by atoms with Crippen LogP contribution in [0.1, 0.15) is 25.6 Å². The first-order valence-corrected chi connectivity index (χ1v) is 5.35. The molecule has 0 bridgehead atoms. The van der Waals surface area contributed by atoms with Crippen LogP contribution in [0.4, 0.5) is 0 Å². The largest absolute Gasteiger partial charge is 0.381 e. The van der Waals surface area contributed by atoms with Crippen molar-refractivity contribution in [3.63, 3.8) is 0 Å². The lowest BCUT2D eigenvalue weighted by Gasteiger charge is -2.34. The minimum Gasteiger partial charge on any atom is -0.381 e. The van der Waals surface area contributed by atoms with Gasteiger partial charge in [0, 0.05) is 25.8 Å². The molecular weight excluding hydrogens is 192 g/mol. The highest BCUT2D eigenvalue weighted by Crippen LogP contribution is 2.19. The van der Waals surface area contributed by atoms with Gasteiger partial charge in [0.2, 0.25) is 0 Å². The summed E-state index contributed by atoms with van der Waals surface area (Å²) < 4.78 is 7.29. The number of hydrogen-bond donors (Lipinski definition) is 1. The van der Waals surface area contributed by atoms with E-state index in [0.717, 1.165) is 38.4 Å². The predicted molar refractivity (Wildman–Crippen MR) is 56.3 cm³/mol. The van der Waals surface area contributed by atoms with Crippen LogP contribution in [-0.2, 0) is 18.3 Å². The van der Waals surface area contributed by atoms with E-state index in [1.165, 1.54) is 0 Å². The summed E-state index contributed by atoms with van der Waals surface area (Å²) in [6, 6.07) is 0. The average Bonchev–Trinajstić information content (AvgIpc) is 2.62. The van der Waals surface area contributed by atoms with E-state index in [1.807, 2.05) is 11.6 Å². The Hall–Kier alpha value is -0.940. The van der Waals surface area contributed by atoms with Crippen molar-refractivity contribution in [1.82, 2.24) is 20.1 Å². The fourth-order valence-corrected chi connectivity index (χ4v) is 1.76. The summed E-state index contributed by atoms with van der Waals surface area (Å²) in [6.07, 6.45) is 3.85. The topological polar surface area (TPSA) is 52.0 Å². The summed E-state index contributed by atoms with van der Waals surface area (Å²) >= 11 is 0. The van der Waals surface area contributed by atoms with Crippen molar-refractivity contribution in [2.45, 2.75) is 31.8 Å². The van der Waals surface area contributed by atoms with E-state index in [9.17, 15) is 0 Å². The van der Waals surface area contributed by atoms with Gasteiger partial charge in [-0.05, 0) is 19.8 Å². The zero-order valence-corrected chi connectivity index (χ0v) is 9.36. The molecule has 0 radical (unpaired) electrons. The van der Waals surface area contributed by atoms with Crippen LogP contribution >= 0.6 is 0 Å². The number of nitrogens with one attached hydrogen (secondary N) is 1. The molecule has 0 aromatic carbocycles. The third-order valence-corrected chi connectivity index (χ3v) is 3.07. The lowest BCUT2D eigenvalue weighted by molar-refractivity contribution is 0.0442. The second-order valence-corrected chi connectivity index (χ2v) is 4.38. The molecule has 1 aliphatic heterocycles. The highest BCUT2D eigenvalue weighted by atomic mass is 16.5. The van der Waals surface area contributed by atoms with Crippen LogP contribution < -0.4 is 5.32 Å². The molecule has 84 valence electrons. The molecule has 15 heavy (non-hydrogen) atoms. The number of nitrogens with zero attached hydrogens (tertiary/aromatic N) is 3. The van der Waals surface area contributed by atoms with Gasteiger partial charge in [0.25, 0.3) is 0 Å². The Bertz CT molecular complexity index is 317. The van der Waals surface area contributed by atoms with Gasteiger partial charge < -0.3 is 14.6 Å². The smallest absolute Gasteiger partial charge is 0.146 e. The van der Waals surface area contributed by atoms with Crippen LogP contribution in [0.5, 0.6) is 0 Å². The molecule has 0 atom stereocenters. The van der Waals surface area contributed by atoms with Crippen LogP contribution in [0.15, 0.2) is 6.33 Å². The van der Waals surface area contributed by atoms with Crippen molar-refractivity contribution in [1.29, 1.82) is 0 Å². The predicted octanol–water partition coefficient (Wildman–Crippen LogP) is 0.474. The summed E-state index contributed by atoms with van der Waals surface area (Å²) in [5.41, 5.74) is 0.185. The number of aryl methyl sites for hydroxylation is 1. The molecule has 0 saturated carbocycles. The molecule has 5 nitrogen and oxygen atoms in total. The Morgan fingerprint density at radius 2 is 2.27 bits per heavy atom. The second kappa shape index (κ2) is 4.28. The molecule has 2 heterocycles. The van der Waals surface area contributed by atoms with E-state index >= 15 is 0 Å². The highest BCUT2D eigenvalue weighted by molar-refractivity contribution is 4.90. The summed E-state index contributed by atoms with van der Waals surface area (Å²) in [7, 11) is 1.96. The average molecular weight is 210 g/mol. The Balaban J connectivity index is 1.89. The first-order valence-electron chi connectivity index (χ1n) is 5.35. The van der Waals surface area contributed by atoms with E-state index in [4.69, 9.17) is 4.74 Å². The molecule has 1 fully saturated rings. The fraction of sp³-hybridized carbons (Fsp3) is 0.800. The maximum atomic E-state index is 5.35. The third kappa shape index (κ3) is 2.54. The molecule has 0 amide bonds. The standard InChI is InChI=1S/C10H18N4O/c1-10(3-5-15-6-4-10)11-7-9-13-12-8-14(9)2/h8,11H,3-7H2,1-2H3. The first kappa shape index (κ1) is 10.6. The van der Waals surface area contributed by atoms with Crippen LogP contribution in [0.25, 0.3) is 0 Å². The molecule has 5 heteroatoms. The molecule has 1 aromatic heterocycles. The zero-order valence-electron chi connectivity index (χ0n) is 9.36. The van der Waals surface area contributed by atoms with Gasteiger partial charge in [-0.2, -0.15) is 0 Å². The molecule has 1 saturated heterocycles. The number of aromatic nitrogens is 3. The van der Waals surface area contributed by atoms with E-state index in [-0.39, 0.29) is 5.54 Å². The Morgan fingerprint density at radius 1 is 1.53 bits per heavy atom. The SMILES string of the molecule is Cn1cnnc1CNC1(C)CCOCC1. The van der Waals surface area contributed by atoms with Crippen LogP contribution in [-0.4, -0.2) is 33.5 Å². The maximum absolute atomic E-state index is 5.35. The summed E-state index contributed by atoms with van der Waals surface area (Å²) in [4.78, 5) is 0. The minimum atomic E-state index is 0.185. The monoisotopic (exact) mass is 210 g/mol. The Kier molecular flexibility index (Phi) is 3.02. The lowest BCUT2D eigenvalue weighted by Crippen LogP contribution is -2.46. The summed E-state index contributed by atoms with van der Waals surface area (Å²) in [5, 5.41) is 11.4. The van der Waals surface area contributed by atoms with Crippen LogP contribution in [0.3, 0.4) is 0 Å². The van der Waals surface area contributed by atoms with Gasteiger partial charge in [0.15, 0.2) is 0 Å². The minimum absolute atomic E-state index is 0.185. The maximum Gasteiger partial charge on any atom is 0.146 e. The van der Waals surface area contributed by atoms with Gasteiger partial charge in [0.05, 0.1) is 6.54 Å². The van der Waals surface area contributed by atoms with Crippen molar-refractivity contribution in [2.24, 2.45) is 7.05 Å². The summed E-state index contributed by atoms with van der Waals surface area (Å²) in [5.74, 6) is 0.975. The number of hydrogen-bond acceptors (Lipinski definition) is 4. The van der Waals surface area contributed by atoms with E-state index < -0.39 is 0 Å². The van der Waals surface area contributed by atoms with Crippen LogP contribution in [0, 0.1) is 0 Å². The molecule has 1 aromatic rings. The summed E-state index contributed by atoms with van der Waals surface area (Å²) in [6.45, 7) is 4.71. The first-order chi connectivity index (χ1) is 7.20. The van der Waals surface area contributed by atoms with Crippen LogP contribution in [0.2, 0.25) is 0 Å². The van der Waals surface area contributed by atoms with Crippen molar-refractivity contribution in [3.8, 4) is 0 Å². The van der Waals surface area contributed by atoms with Gasteiger partial charge in [-0.15, -0.1) is 10.2 Å². The lowest BCUT2D eigenvalue weighted by atomic mass is 9.92. The Morgan fingerprint density at radius 3 is 2.87 bits per heavy atom. The number of rotatable bonds is 3. The molecule has 0 unspecified atom stereocenters. The normalized spacial score (nSPS) is 20.4. The van der Waals surface area contributed by atoms with Gasteiger partial charge in [-0.1, -0.05) is 0 Å². The van der Waals surface area contributed by atoms with Gasteiger partial charge in [-0.25, -0.2) is 0 Å². The highest BCUT2D eigenvalue weighted by Gasteiger charge is 2.26. The van der Waals surface area contributed by atoms with E-state index in [2.05, 4.69) is 22.4 Å². The van der Waals surface area contributed by atoms with Crippen molar-refractivity contribution < 1.29 is 4.74 Å². The molecule has 1 N–H and O–H groups in total. The van der Waals surface area contributed by atoms with Crippen molar-refractivity contribution in [2.75, 3.05) is 13.2 Å². The molecule has 2 rings (SSSR count). The quantitative estimate of drug-likeness (QED) is 0.788.